The Kier molecular flexibility index (Phi) is 8.24. The number of amides is 1. The van der Waals surface area contributed by atoms with Gasteiger partial charge in [0.25, 0.3) is 0 Å². The molecule has 2 aliphatic heterocycles. The summed E-state index contributed by atoms with van der Waals surface area (Å²) < 4.78 is 22.1. The first-order valence-corrected chi connectivity index (χ1v) is 14.5. The fourth-order valence-corrected chi connectivity index (χ4v) is 6.12. The molecule has 0 radical (unpaired) electrons. The monoisotopic (exact) mass is 583 g/mol. The van der Waals surface area contributed by atoms with Gasteiger partial charge in [-0.3, -0.25) is 14.5 Å². The van der Waals surface area contributed by atoms with Crippen molar-refractivity contribution in [3.05, 3.63) is 88.5 Å². The summed E-state index contributed by atoms with van der Waals surface area (Å²) in [5.74, 6) is -0.256. The second-order valence-electron chi connectivity index (χ2n) is 11.2. The number of carbonyl (C=O) groups excluding carboxylic acids is 4. The number of carbonyl (C=O) groups is 4. The molecule has 1 aliphatic carbocycles. The lowest BCUT2D eigenvalue weighted by Gasteiger charge is -2.25. The minimum Gasteiger partial charge on any atom is -0.488 e. The zero-order chi connectivity index (χ0) is 29.9. The Hall–Kier alpha value is -4.50. The second kappa shape index (κ2) is 12.4. The largest absolute Gasteiger partial charge is 0.488 e. The van der Waals surface area contributed by atoms with Crippen molar-refractivity contribution in [1.29, 1.82) is 0 Å². The third-order valence-corrected chi connectivity index (χ3v) is 8.30. The van der Waals surface area contributed by atoms with Gasteiger partial charge >= 0.3 is 12.1 Å². The van der Waals surface area contributed by atoms with Gasteiger partial charge in [0, 0.05) is 42.7 Å². The maximum atomic E-state index is 13.1. The Balaban J connectivity index is 1.11. The number of benzene rings is 3. The molecule has 0 spiro atoms. The molecule has 1 saturated heterocycles. The van der Waals surface area contributed by atoms with Gasteiger partial charge in [-0.25, -0.2) is 9.59 Å². The number of Topliss-reactive ketones (excluding diaryl/α,β-unsaturated/α-hetero) is 2. The summed E-state index contributed by atoms with van der Waals surface area (Å²) >= 11 is 0. The van der Waals surface area contributed by atoms with Crippen molar-refractivity contribution >= 4 is 23.6 Å². The molecule has 0 unspecified atom stereocenters. The van der Waals surface area contributed by atoms with Crippen molar-refractivity contribution in [2.24, 2.45) is 5.92 Å². The zero-order valence-corrected chi connectivity index (χ0v) is 24.0. The highest BCUT2D eigenvalue weighted by Gasteiger charge is 2.41. The summed E-state index contributed by atoms with van der Waals surface area (Å²) in [6, 6.07) is 17.6. The number of esters is 1. The molecule has 3 aromatic rings. The van der Waals surface area contributed by atoms with E-state index in [2.05, 4.69) is 0 Å². The number of methoxy groups -OCH3 is 1. The smallest absolute Gasteiger partial charge is 0.410 e. The maximum absolute atomic E-state index is 13.1. The number of hydrogen-bond acceptors (Lipinski definition) is 8. The predicted molar refractivity (Wildman–Crippen MR) is 156 cm³/mol. The van der Waals surface area contributed by atoms with Crippen molar-refractivity contribution in [2.45, 2.75) is 44.9 Å². The van der Waals surface area contributed by atoms with Gasteiger partial charge in [0.05, 0.1) is 6.61 Å². The lowest BCUT2D eigenvalue weighted by Crippen LogP contribution is -2.42. The van der Waals surface area contributed by atoms with E-state index < -0.39 is 24.7 Å². The molecule has 2 atom stereocenters. The molecule has 0 aromatic heterocycles. The summed E-state index contributed by atoms with van der Waals surface area (Å²) in [4.78, 5) is 52.8. The first-order valence-electron chi connectivity index (χ1n) is 14.5. The fourth-order valence-electron chi connectivity index (χ4n) is 6.12. The molecule has 0 saturated carbocycles. The first-order chi connectivity index (χ1) is 20.9. The Morgan fingerprint density at radius 1 is 0.930 bits per heavy atom. The molecular weight excluding hydrogens is 550 g/mol. The number of nitrogens with zero attached hydrogens (tertiary/aromatic N) is 1. The summed E-state index contributed by atoms with van der Waals surface area (Å²) in [5, 5.41) is 0. The van der Waals surface area contributed by atoms with Crippen molar-refractivity contribution in [3.63, 3.8) is 0 Å². The third-order valence-electron chi connectivity index (χ3n) is 8.30. The molecule has 3 aliphatic rings. The van der Waals surface area contributed by atoms with Crippen LogP contribution in [0.2, 0.25) is 0 Å². The van der Waals surface area contributed by atoms with Crippen LogP contribution in [0.25, 0.3) is 11.1 Å². The van der Waals surface area contributed by atoms with Crippen LogP contribution < -0.4 is 4.74 Å². The molecule has 1 fully saturated rings. The Bertz CT molecular complexity index is 1570. The van der Waals surface area contributed by atoms with Gasteiger partial charge in [0.1, 0.15) is 25.0 Å². The van der Waals surface area contributed by atoms with E-state index >= 15 is 0 Å². The van der Waals surface area contributed by atoms with Crippen LogP contribution in [0.5, 0.6) is 5.75 Å². The summed E-state index contributed by atoms with van der Waals surface area (Å²) in [7, 11) is 1.57. The van der Waals surface area contributed by atoms with E-state index in [-0.39, 0.29) is 30.7 Å². The van der Waals surface area contributed by atoms with E-state index in [9.17, 15) is 19.2 Å². The van der Waals surface area contributed by atoms with Gasteiger partial charge in [-0.05, 0) is 59.7 Å². The molecule has 2 heterocycles. The number of aryl methyl sites for hydroxylation is 1. The van der Waals surface area contributed by atoms with Gasteiger partial charge in [-0.2, -0.15) is 0 Å². The fraction of sp³-hybridized carbons (Fsp3) is 0.353. The van der Waals surface area contributed by atoms with Gasteiger partial charge in [0.2, 0.25) is 0 Å². The molecule has 6 rings (SSSR count). The third kappa shape index (κ3) is 6.03. The lowest BCUT2D eigenvalue weighted by molar-refractivity contribution is -0.147. The standard InChI is InChI=1S/C34H33NO8/c1-40-17-22-12-29(35(16-22)34(39)43-18-21-6-3-2-4-7-21)33(38)42-20-31(37)24-10-11-26-25(13-24)19-41-32-15-27-23(14-28(26)32)8-5-9-30(27)36/h2-4,6-7,10-11,13-15,22,29H,5,8-9,12,16-20H2,1H3/t22-,29-/m1/s1. The number of hydrogen-bond donors (Lipinski definition) is 0. The van der Waals surface area contributed by atoms with Crippen molar-refractivity contribution in [1.82, 2.24) is 4.90 Å². The van der Waals surface area contributed by atoms with Crippen molar-refractivity contribution < 1.29 is 38.1 Å². The first kappa shape index (κ1) is 28.6. The Morgan fingerprint density at radius 2 is 1.77 bits per heavy atom. The van der Waals surface area contributed by atoms with Gasteiger partial charge < -0.3 is 18.9 Å². The highest BCUT2D eigenvalue weighted by molar-refractivity contribution is 6.01. The van der Waals surface area contributed by atoms with Crippen LogP contribution in [-0.4, -0.2) is 61.4 Å². The molecular formula is C34H33NO8. The van der Waals surface area contributed by atoms with Gasteiger partial charge in [-0.15, -0.1) is 0 Å². The number of rotatable bonds is 8. The Labute approximate surface area is 249 Å². The van der Waals surface area contributed by atoms with Crippen LogP contribution in [0.15, 0.2) is 60.7 Å². The van der Waals surface area contributed by atoms with E-state index in [0.717, 1.165) is 46.2 Å². The highest BCUT2D eigenvalue weighted by atomic mass is 16.6. The van der Waals surface area contributed by atoms with Crippen LogP contribution in [-0.2, 0) is 38.6 Å². The van der Waals surface area contributed by atoms with Crippen molar-refractivity contribution in [2.75, 3.05) is 26.9 Å². The highest BCUT2D eigenvalue weighted by Crippen LogP contribution is 2.41. The zero-order valence-electron chi connectivity index (χ0n) is 24.0. The summed E-state index contributed by atoms with van der Waals surface area (Å²) in [6.45, 7) is 0.560. The van der Waals surface area contributed by atoms with E-state index in [1.165, 1.54) is 4.90 Å². The number of ketones is 2. The maximum Gasteiger partial charge on any atom is 0.410 e. The average Bonchev–Trinajstić information content (AvgIpc) is 3.46. The summed E-state index contributed by atoms with van der Waals surface area (Å²) in [5.41, 5.74) is 5.70. The average molecular weight is 584 g/mol. The molecule has 3 aromatic carbocycles. The molecule has 222 valence electrons. The minimum atomic E-state index is -0.873. The van der Waals surface area contributed by atoms with Crippen LogP contribution in [0.4, 0.5) is 4.79 Å². The number of likely N-dealkylation sites (tertiary alicyclic amines) is 1. The SMILES string of the molecule is COC[C@@H]1C[C@H](C(=O)OCC(=O)c2ccc3c(c2)COc2cc4c(cc2-3)CCCC4=O)N(C(=O)OCc2ccccc2)C1. The Morgan fingerprint density at radius 3 is 2.58 bits per heavy atom. The molecule has 0 bridgehead atoms. The summed E-state index contributed by atoms with van der Waals surface area (Å²) in [6.07, 6.45) is 1.98. The number of ether oxygens (including phenoxy) is 4. The van der Waals surface area contributed by atoms with E-state index in [1.54, 1.807) is 19.2 Å². The molecule has 1 amide bonds. The van der Waals surface area contributed by atoms with Crippen molar-refractivity contribution in [3.8, 4) is 16.9 Å². The second-order valence-corrected chi connectivity index (χ2v) is 11.2. The normalized spacial score (nSPS) is 18.6. The topological polar surface area (TPSA) is 108 Å². The van der Waals surface area contributed by atoms with Crippen LogP contribution >= 0.6 is 0 Å². The van der Waals surface area contributed by atoms with Gasteiger partial charge in [0.15, 0.2) is 18.2 Å². The number of fused-ring (bicyclic) bond motifs is 4. The van der Waals surface area contributed by atoms with E-state index in [4.69, 9.17) is 18.9 Å². The van der Waals surface area contributed by atoms with E-state index in [1.807, 2.05) is 48.5 Å². The molecule has 9 nitrogen and oxygen atoms in total. The lowest BCUT2D eigenvalue weighted by atomic mass is 9.86. The molecule has 43 heavy (non-hydrogen) atoms. The van der Waals surface area contributed by atoms with Crippen LogP contribution in [0, 0.1) is 5.92 Å². The minimum absolute atomic E-state index is 0.0604. The molecule has 9 heteroatoms. The quantitative estimate of drug-likeness (QED) is 0.264. The van der Waals surface area contributed by atoms with E-state index in [0.29, 0.717) is 37.3 Å². The van der Waals surface area contributed by atoms with Gasteiger partial charge in [-0.1, -0.05) is 42.5 Å². The van der Waals surface area contributed by atoms with Crippen LogP contribution in [0.3, 0.4) is 0 Å². The molecule has 0 N–H and O–H groups in total. The predicted octanol–water partition coefficient (Wildman–Crippen LogP) is 5.16. The van der Waals surface area contributed by atoms with Crippen LogP contribution in [0.1, 0.15) is 56.7 Å².